The molecular weight excluding hydrogens is 368 g/mol. The van der Waals surface area contributed by atoms with Crippen LogP contribution in [0.3, 0.4) is 0 Å². The molecule has 1 N–H and O–H groups in total. The van der Waals surface area contributed by atoms with E-state index in [2.05, 4.69) is 12.2 Å². The van der Waals surface area contributed by atoms with Gasteiger partial charge in [0.05, 0.1) is 10.5 Å². The maximum absolute atomic E-state index is 12.7. The van der Waals surface area contributed by atoms with Crippen LogP contribution in [0.2, 0.25) is 0 Å². The van der Waals surface area contributed by atoms with Gasteiger partial charge < -0.3 is 10.1 Å². The van der Waals surface area contributed by atoms with Crippen LogP contribution in [0, 0.1) is 6.92 Å². The summed E-state index contributed by atoms with van der Waals surface area (Å²) >= 11 is 0. The molecule has 0 heterocycles. The van der Waals surface area contributed by atoms with E-state index in [0.29, 0.717) is 25.2 Å². The maximum atomic E-state index is 12.7. The van der Waals surface area contributed by atoms with Gasteiger partial charge in [-0.1, -0.05) is 39.7 Å². The smallest absolute Gasteiger partial charge is 0.338 e. The fourth-order valence-electron chi connectivity index (χ4n) is 2.58. The van der Waals surface area contributed by atoms with Crippen LogP contribution in [0.25, 0.3) is 0 Å². The Labute approximate surface area is 162 Å². The predicted molar refractivity (Wildman–Crippen MR) is 104 cm³/mol. The predicted octanol–water partition coefficient (Wildman–Crippen LogP) is 2.49. The van der Waals surface area contributed by atoms with Crippen molar-refractivity contribution in [3.8, 4) is 0 Å². The second-order valence-electron chi connectivity index (χ2n) is 6.20. The van der Waals surface area contributed by atoms with Gasteiger partial charge >= 0.3 is 5.97 Å². The Bertz CT molecular complexity index is 742. The molecule has 0 spiro atoms. The quantitative estimate of drug-likeness (QED) is 0.457. The Balaban J connectivity index is 2.81. The summed E-state index contributed by atoms with van der Waals surface area (Å²) in [7, 11) is -3.69. The summed E-state index contributed by atoms with van der Waals surface area (Å²) in [4.78, 5) is 24.0. The molecule has 0 saturated heterocycles. The van der Waals surface area contributed by atoms with Crippen molar-refractivity contribution in [2.75, 3.05) is 26.2 Å². The number of ether oxygens (including phenoxy) is 1. The van der Waals surface area contributed by atoms with Crippen molar-refractivity contribution in [3.05, 3.63) is 29.3 Å². The van der Waals surface area contributed by atoms with Crippen LogP contribution in [0.1, 0.15) is 56.0 Å². The lowest BCUT2D eigenvalue weighted by molar-refractivity contribution is -0.124. The van der Waals surface area contributed by atoms with Crippen molar-refractivity contribution >= 4 is 21.9 Å². The monoisotopic (exact) mass is 398 g/mol. The lowest BCUT2D eigenvalue weighted by Gasteiger charge is -2.20. The van der Waals surface area contributed by atoms with Crippen molar-refractivity contribution in [3.63, 3.8) is 0 Å². The first-order valence-electron chi connectivity index (χ1n) is 9.32. The zero-order valence-corrected chi connectivity index (χ0v) is 17.4. The molecule has 0 saturated carbocycles. The second kappa shape index (κ2) is 11.0. The molecule has 0 unspecified atom stereocenters. The minimum absolute atomic E-state index is 0.0738. The first-order chi connectivity index (χ1) is 12.8. The topological polar surface area (TPSA) is 92.8 Å². The molecule has 1 amide bonds. The summed E-state index contributed by atoms with van der Waals surface area (Å²) in [6.07, 6.45) is 2.95. The Morgan fingerprint density at radius 2 is 1.78 bits per heavy atom. The van der Waals surface area contributed by atoms with Crippen LogP contribution in [0.4, 0.5) is 0 Å². The summed E-state index contributed by atoms with van der Waals surface area (Å²) in [6.45, 7) is 8.09. The number of esters is 1. The minimum atomic E-state index is -3.69. The molecule has 0 aliphatic carbocycles. The molecule has 0 atom stereocenters. The van der Waals surface area contributed by atoms with Gasteiger partial charge in [0, 0.05) is 19.6 Å². The van der Waals surface area contributed by atoms with E-state index in [9.17, 15) is 18.0 Å². The number of amides is 1. The highest BCUT2D eigenvalue weighted by Crippen LogP contribution is 2.21. The SMILES string of the molecule is CCCCCNC(=O)COC(=O)c1ccc(C)c(S(=O)(=O)N(CC)CC)c1. The Morgan fingerprint density at radius 3 is 2.37 bits per heavy atom. The summed E-state index contributed by atoms with van der Waals surface area (Å²) in [5.74, 6) is -1.10. The number of aryl methyl sites for hydroxylation is 1. The third-order valence-electron chi connectivity index (χ3n) is 4.18. The molecule has 0 aromatic heterocycles. The molecule has 1 aromatic rings. The molecular formula is C19H30N2O5S. The van der Waals surface area contributed by atoms with E-state index in [1.165, 1.54) is 16.4 Å². The first kappa shape index (κ1) is 23.1. The summed E-state index contributed by atoms with van der Waals surface area (Å²) in [5.41, 5.74) is 0.650. The molecule has 0 radical (unpaired) electrons. The van der Waals surface area contributed by atoms with E-state index in [-0.39, 0.29) is 16.4 Å². The number of rotatable bonds is 11. The number of carbonyl (C=O) groups excluding carboxylic acids is 2. The molecule has 1 rings (SSSR count). The van der Waals surface area contributed by atoms with Gasteiger partial charge in [0.1, 0.15) is 0 Å². The number of hydrogen-bond acceptors (Lipinski definition) is 5. The highest BCUT2D eigenvalue weighted by molar-refractivity contribution is 7.89. The number of carbonyl (C=O) groups is 2. The standard InChI is InChI=1S/C19H30N2O5S/c1-5-8-9-12-20-18(22)14-26-19(23)16-11-10-15(4)17(13-16)27(24,25)21(6-2)7-3/h10-11,13H,5-9,12,14H2,1-4H3,(H,20,22). The Morgan fingerprint density at radius 1 is 1.11 bits per heavy atom. The van der Waals surface area contributed by atoms with E-state index < -0.39 is 22.6 Å². The average molecular weight is 399 g/mol. The molecule has 27 heavy (non-hydrogen) atoms. The maximum Gasteiger partial charge on any atom is 0.338 e. The van der Waals surface area contributed by atoms with Gasteiger partial charge in [-0.25, -0.2) is 13.2 Å². The van der Waals surface area contributed by atoms with Gasteiger partial charge in [0.2, 0.25) is 10.0 Å². The van der Waals surface area contributed by atoms with Crippen molar-refractivity contribution in [1.82, 2.24) is 9.62 Å². The highest BCUT2D eigenvalue weighted by atomic mass is 32.2. The normalized spacial score (nSPS) is 11.4. The van der Waals surface area contributed by atoms with Crippen molar-refractivity contribution in [2.45, 2.75) is 51.9 Å². The first-order valence-corrected chi connectivity index (χ1v) is 10.8. The molecule has 0 fully saturated rings. The Hall–Kier alpha value is -1.93. The van der Waals surface area contributed by atoms with Gasteiger partial charge in [-0.05, 0) is 31.0 Å². The van der Waals surface area contributed by atoms with Crippen molar-refractivity contribution in [2.24, 2.45) is 0 Å². The second-order valence-corrected chi connectivity index (χ2v) is 8.11. The number of nitrogens with one attached hydrogen (secondary N) is 1. The molecule has 0 aliphatic heterocycles. The zero-order chi connectivity index (χ0) is 20.4. The highest BCUT2D eigenvalue weighted by Gasteiger charge is 2.25. The van der Waals surface area contributed by atoms with Crippen molar-refractivity contribution in [1.29, 1.82) is 0 Å². The van der Waals surface area contributed by atoms with Gasteiger partial charge in [-0.2, -0.15) is 4.31 Å². The minimum Gasteiger partial charge on any atom is -0.452 e. The van der Waals surface area contributed by atoms with E-state index in [0.717, 1.165) is 19.3 Å². The lowest BCUT2D eigenvalue weighted by Crippen LogP contribution is -2.31. The van der Waals surface area contributed by atoms with E-state index in [4.69, 9.17) is 4.74 Å². The van der Waals surface area contributed by atoms with E-state index in [1.807, 2.05) is 0 Å². The van der Waals surface area contributed by atoms with Crippen LogP contribution in [-0.2, 0) is 19.6 Å². The molecule has 152 valence electrons. The number of benzene rings is 1. The van der Waals surface area contributed by atoms with Crippen molar-refractivity contribution < 1.29 is 22.7 Å². The van der Waals surface area contributed by atoms with Gasteiger partial charge in [-0.3, -0.25) is 4.79 Å². The van der Waals surface area contributed by atoms with Gasteiger partial charge in [0.15, 0.2) is 6.61 Å². The van der Waals surface area contributed by atoms with E-state index >= 15 is 0 Å². The summed E-state index contributed by atoms with van der Waals surface area (Å²) in [6, 6.07) is 4.38. The van der Waals surface area contributed by atoms with Crippen LogP contribution in [-0.4, -0.2) is 50.8 Å². The lowest BCUT2D eigenvalue weighted by atomic mass is 10.1. The van der Waals surface area contributed by atoms with Crippen LogP contribution >= 0.6 is 0 Å². The molecule has 8 heteroatoms. The number of hydrogen-bond donors (Lipinski definition) is 1. The number of unbranched alkanes of at least 4 members (excludes halogenated alkanes) is 2. The van der Waals surface area contributed by atoms with Gasteiger partial charge in [-0.15, -0.1) is 0 Å². The van der Waals surface area contributed by atoms with Crippen LogP contribution in [0.15, 0.2) is 23.1 Å². The summed E-state index contributed by atoms with van der Waals surface area (Å²) in [5, 5.41) is 2.68. The van der Waals surface area contributed by atoms with Crippen LogP contribution < -0.4 is 5.32 Å². The van der Waals surface area contributed by atoms with Crippen LogP contribution in [0.5, 0.6) is 0 Å². The summed E-state index contributed by atoms with van der Waals surface area (Å²) < 4.78 is 31.8. The van der Waals surface area contributed by atoms with E-state index in [1.54, 1.807) is 26.8 Å². The third-order valence-corrected chi connectivity index (χ3v) is 6.38. The van der Waals surface area contributed by atoms with Gasteiger partial charge in [0.25, 0.3) is 5.91 Å². The zero-order valence-electron chi connectivity index (χ0n) is 16.6. The fraction of sp³-hybridized carbons (Fsp3) is 0.579. The average Bonchev–Trinajstić information content (AvgIpc) is 2.64. The molecule has 1 aromatic carbocycles. The fourth-order valence-corrected chi connectivity index (χ4v) is 4.28. The number of sulfonamides is 1. The molecule has 0 bridgehead atoms. The molecule has 7 nitrogen and oxygen atoms in total. The largest absolute Gasteiger partial charge is 0.452 e. The molecule has 0 aliphatic rings. The number of nitrogens with zero attached hydrogens (tertiary/aromatic N) is 1. The third kappa shape index (κ3) is 6.62. The Kier molecular flexibility index (Phi) is 9.45.